The number of hydrogen-bond acceptors (Lipinski definition) is 6. The largest absolute Gasteiger partial charge is 0.487 e. The fourth-order valence-electron chi connectivity index (χ4n) is 3.57. The molecule has 0 radical (unpaired) electrons. The number of hydrogen-bond donors (Lipinski definition) is 1. The van der Waals surface area contributed by atoms with Crippen LogP contribution in [-0.2, 0) is 6.61 Å². The van der Waals surface area contributed by atoms with Crippen LogP contribution in [0.3, 0.4) is 0 Å². The Hall–Kier alpha value is -2.64. The Bertz CT molecular complexity index is 915. The van der Waals surface area contributed by atoms with E-state index >= 15 is 0 Å². The molecule has 1 fully saturated rings. The summed E-state index contributed by atoms with van der Waals surface area (Å²) in [5.74, 6) is 1.52. The highest BCUT2D eigenvalue weighted by atomic mass is 32.1. The number of carbonyl (C=O) groups is 1. The van der Waals surface area contributed by atoms with Crippen molar-refractivity contribution < 1.29 is 13.9 Å². The summed E-state index contributed by atoms with van der Waals surface area (Å²) in [6.45, 7) is 4.99. The van der Waals surface area contributed by atoms with E-state index in [0.717, 1.165) is 35.3 Å². The van der Waals surface area contributed by atoms with E-state index in [9.17, 15) is 4.79 Å². The maximum absolute atomic E-state index is 12.6. The van der Waals surface area contributed by atoms with Crippen LogP contribution in [0.5, 0.6) is 5.75 Å². The molecule has 3 aromatic rings. The Morgan fingerprint density at radius 1 is 1.28 bits per heavy atom. The van der Waals surface area contributed by atoms with Crippen LogP contribution in [0.25, 0.3) is 0 Å². The van der Waals surface area contributed by atoms with Gasteiger partial charge in [0.25, 0.3) is 5.91 Å². The highest BCUT2D eigenvalue weighted by Gasteiger charge is 2.26. The van der Waals surface area contributed by atoms with Crippen LogP contribution in [0.1, 0.15) is 45.7 Å². The van der Waals surface area contributed by atoms with Gasteiger partial charge in [0.2, 0.25) is 0 Å². The molecule has 1 N–H and O–H groups in total. The Balaban J connectivity index is 1.32. The Morgan fingerprint density at radius 3 is 2.72 bits per heavy atom. The van der Waals surface area contributed by atoms with Crippen LogP contribution in [0, 0.1) is 6.92 Å². The molecule has 6 nitrogen and oxygen atoms in total. The summed E-state index contributed by atoms with van der Waals surface area (Å²) >= 11 is 1.61. The average molecular weight is 412 g/mol. The second-order valence-corrected chi connectivity index (χ2v) is 8.22. The summed E-state index contributed by atoms with van der Waals surface area (Å²) in [6.07, 6.45) is 4.06. The second-order valence-electron chi connectivity index (χ2n) is 7.16. The molecule has 3 heterocycles. The zero-order valence-electron chi connectivity index (χ0n) is 16.5. The number of rotatable bonds is 8. The molecule has 0 bridgehead atoms. The fraction of sp³-hybridized carbons (Fsp3) is 0.364. The van der Waals surface area contributed by atoms with Crippen molar-refractivity contribution in [3.05, 3.63) is 70.1 Å². The minimum atomic E-state index is -0.0950. The smallest absolute Gasteiger partial charge is 0.251 e. The predicted octanol–water partition coefficient (Wildman–Crippen LogP) is 4.19. The van der Waals surface area contributed by atoms with Crippen LogP contribution >= 0.6 is 11.3 Å². The van der Waals surface area contributed by atoms with Crippen molar-refractivity contribution in [2.24, 2.45) is 0 Å². The van der Waals surface area contributed by atoms with Gasteiger partial charge in [-0.15, -0.1) is 11.3 Å². The van der Waals surface area contributed by atoms with Gasteiger partial charge in [-0.1, -0.05) is 0 Å². The zero-order valence-corrected chi connectivity index (χ0v) is 17.3. The van der Waals surface area contributed by atoms with E-state index in [2.05, 4.69) is 15.2 Å². The molecule has 152 valence electrons. The van der Waals surface area contributed by atoms with Crippen LogP contribution in [-0.4, -0.2) is 35.4 Å². The Kier molecular flexibility index (Phi) is 6.27. The first-order valence-corrected chi connectivity index (χ1v) is 10.8. The first-order chi connectivity index (χ1) is 14.2. The van der Waals surface area contributed by atoms with E-state index in [1.165, 1.54) is 12.8 Å². The summed E-state index contributed by atoms with van der Waals surface area (Å²) < 4.78 is 11.4. The third-order valence-corrected chi connectivity index (χ3v) is 5.90. The van der Waals surface area contributed by atoms with Gasteiger partial charge in [0, 0.05) is 17.5 Å². The first-order valence-electron chi connectivity index (χ1n) is 9.88. The number of amides is 1. The zero-order chi connectivity index (χ0) is 20.1. The quantitative estimate of drug-likeness (QED) is 0.602. The van der Waals surface area contributed by atoms with E-state index in [1.54, 1.807) is 29.7 Å². The van der Waals surface area contributed by atoms with Gasteiger partial charge in [-0.05, 0) is 69.3 Å². The highest BCUT2D eigenvalue weighted by Crippen LogP contribution is 2.25. The number of furan rings is 1. The van der Waals surface area contributed by atoms with Gasteiger partial charge >= 0.3 is 0 Å². The van der Waals surface area contributed by atoms with Crippen LogP contribution in [0.2, 0.25) is 0 Å². The molecule has 1 aliphatic heterocycles. The molecule has 4 rings (SSSR count). The van der Waals surface area contributed by atoms with Crippen molar-refractivity contribution in [2.75, 3.05) is 19.6 Å². The number of thiazole rings is 1. The average Bonchev–Trinajstić information content (AvgIpc) is 3.50. The van der Waals surface area contributed by atoms with Gasteiger partial charge in [0.15, 0.2) is 0 Å². The Morgan fingerprint density at radius 2 is 2.07 bits per heavy atom. The highest BCUT2D eigenvalue weighted by molar-refractivity contribution is 7.09. The lowest BCUT2D eigenvalue weighted by Gasteiger charge is -2.26. The van der Waals surface area contributed by atoms with Crippen LogP contribution in [0.15, 0.2) is 52.5 Å². The lowest BCUT2D eigenvalue weighted by atomic mass is 10.1. The number of ether oxygens (including phenoxy) is 1. The normalized spacial score (nSPS) is 15.3. The standard InChI is InChI=1S/C22H25N3O3S/c1-16-24-18(15-29-16)14-28-19-8-6-17(7-9-19)22(26)23-13-20(21-5-4-12-27-21)25-10-2-3-11-25/h4-9,12,15,20H,2-3,10-11,13-14H2,1H3,(H,23,26)/t20-/m1/s1. The minimum Gasteiger partial charge on any atom is -0.487 e. The summed E-state index contributed by atoms with van der Waals surface area (Å²) in [6, 6.07) is 11.2. The molecular weight excluding hydrogens is 386 g/mol. The summed E-state index contributed by atoms with van der Waals surface area (Å²) in [5, 5.41) is 6.07. The minimum absolute atomic E-state index is 0.0700. The Labute approximate surface area is 174 Å². The van der Waals surface area contributed by atoms with Crippen molar-refractivity contribution in [3.8, 4) is 5.75 Å². The van der Waals surface area contributed by atoms with Crippen molar-refractivity contribution in [1.29, 1.82) is 0 Å². The fourth-order valence-corrected chi connectivity index (χ4v) is 4.17. The molecule has 2 aromatic heterocycles. The molecule has 29 heavy (non-hydrogen) atoms. The van der Waals surface area contributed by atoms with Gasteiger partial charge < -0.3 is 14.5 Å². The van der Waals surface area contributed by atoms with Crippen molar-refractivity contribution >= 4 is 17.2 Å². The summed E-state index contributed by atoms with van der Waals surface area (Å²) in [7, 11) is 0. The maximum Gasteiger partial charge on any atom is 0.251 e. The van der Waals surface area contributed by atoms with Gasteiger partial charge in [-0.2, -0.15) is 0 Å². The number of carbonyl (C=O) groups excluding carboxylic acids is 1. The predicted molar refractivity (Wildman–Crippen MR) is 112 cm³/mol. The van der Waals surface area contributed by atoms with Crippen LogP contribution in [0.4, 0.5) is 0 Å². The number of nitrogens with zero attached hydrogens (tertiary/aromatic N) is 2. The van der Waals surface area contributed by atoms with E-state index < -0.39 is 0 Å². The molecule has 1 amide bonds. The molecule has 7 heteroatoms. The van der Waals surface area contributed by atoms with Crippen molar-refractivity contribution in [1.82, 2.24) is 15.2 Å². The molecule has 0 aliphatic carbocycles. The van der Waals surface area contributed by atoms with Gasteiger partial charge in [0.05, 0.1) is 23.0 Å². The monoisotopic (exact) mass is 411 g/mol. The molecular formula is C22H25N3O3S. The number of aryl methyl sites for hydroxylation is 1. The molecule has 0 unspecified atom stereocenters. The third kappa shape index (κ3) is 5.05. The first kappa shape index (κ1) is 19.7. The van der Waals surface area contributed by atoms with E-state index in [1.807, 2.05) is 36.6 Å². The summed E-state index contributed by atoms with van der Waals surface area (Å²) in [4.78, 5) is 19.4. The molecule has 0 spiro atoms. The summed E-state index contributed by atoms with van der Waals surface area (Å²) in [5.41, 5.74) is 1.53. The van der Waals surface area contributed by atoms with Gasteiger partial charge in [-0.25, -0.2) is 4.98 Å². The molecule has 1 saturated heterocycles. The van der Waals surface area contributed by atoms with Gasteiger partial charge in [0.1, 0.15) is 18.1 Å². The topological polar surface area (TPSA) is 67.6 Å². The number of aromatic nitrogens is 1. The van der Waals surface area contributed by atoms with E-state index in [4.69, 9.17) is 9.15 Å². The number of likely N-dealkylation sites (tertiary alicyclic amines) is 1. The third-order valence-electron chi connectivity index (χ3n) is 5.08. The molecule has 1 atom stereocenters. The van der Waals surface area contributed by atoms with Gasteiger partial charge in [-0.3, -0.25) is 9.69 Å². The molecule has 1 aliphatic rings. The molecule has 1 aromatic carbocycles. The van der Waals surface area contributed by atoms with Crippen molar-refractivity contribution in [2.45, 2.75) is 32.4 Å². The second kappa shape index (κ2) is 9.24. The molecule has 0 saturated carbocycles. The SMILES string of the molecule is Cc1nc(COc2ccc(C(=O)NC[C@H](c3ccco3)N3CCCC3)cc2)cs1. The number of nitrogens with one attached hydrogen (secondary N) is 1. The van der Waals surface area contributed by atoms with Crippen LogP contribution < -0.4 is 10.1 Å². The number of benzene rings is 1. The lowest BCUT2D eigenvalue weighted by Crippen LogP contribution is -2.36. The van der Waals surface area contributed by atoms with E-state index in [0.29, 0.717) is 18.7 Å². The maximum atomic E-state index is 12.6. The van der Waals surface area contributed by atoms with Crippen molar-refractivity contribution in [3.63, 3.8) is 0 Å². The van der Waals surface area contributed by atoms with E-state index in [-0.39, 0.29) is 11.9 Å². The lowest BCUT2D eigenvalue weighted by molar-refractivity contribution is 0.0933.